The summed E-state index contributed by atoms with van der Waals surface area (Å²) in [5.41, 5.74) is 4.48. The molecule has 0 aromatic heterocycles. The van der Waals surface area contributed by atoms with Gasteiger partial charge in [0.25, 0.3) is 0 Å². The van der Waals surface area contributed by atoms with E-state index in [0.29, 0.717) is 18.2 Å². The number of nitrogens with one attached hydrogen (secondary N) is 1. The maximum Gasteiger partial charge on any atom is 0.124 e. The molecular weight excluding hydrogens is 361 g/mol. The molecule has 0 saturated heterocycles. The van der Waals surface area contributed by atoms with E-state index in [9.17, 15) is 4.39 Å². The number of rotatable bonds is 8. The van der Waals surface area contributed by atoms with Crippen LogP contribution in [0.3, 0.4) is 0 Å². The molecule has 3 aromatic carbocycles. The molecule has 0 bridgehead atoms. The summed E-state index contributed by atoms with van der Waals surface area (Å²) in [6.07, 6.45) is 0.834. The van der Waals surface area contributed by atoms with E-state index in [1.165, 1.54) is 17.7 Å². The van der Waals surface area contributed by atoms with Gasteiger partial charge in [-0.05, 0) is 61.3 Å². The van der Waals surface area contributed by atoms with Gasteiger partial charge in [0.2, 0.25) is 0 Å². The fourth-order valence-electron chi connectivity index (χ4n) is 2.90. The standard InChI is InChI=1S/C23H23ClFNO/c1-17-3-2-4-19(13-17)16-27-23-10-7-21(24)14-20(23)15-26-12-11-18-5-8-22(25)9-6-18/h2-10,13-14,26H,11-12,15-16H2,1H3. The third kappa shape index (κ3) is 6.09. The second kappa shape index (κ2) is 9.54. The third-order valence-electron chi connectivity index (χ3n) is 4.32. The Bertz CT molecular complexity index is 880. The van der Waals surface area contributed by atoms with Crippen LogP contribution in [0.15, 0.2) is 66.7 Å². The highest BCUT2D eigenvalue weighted by Gasteiger charge is 2.06. The van der Waals surface area contributed by atoms with E-state index in [2.05, 4.69) is 30.4 Å². The van der Waals surface area contributed by atoms with Crippen LogP contribution in [0.5, 0.6) is 5.75 Å². The van der Waals surface area contributed by atoms with Gasteiger partial charge in [0.05, 0.1) is 0 Å². The summed E-state index contributed by atoms with van der Waals surface area (Å²) < 4.78 is 19.0. The van der Waals surface area contributed by atoms with Crippen molar-refractivity contribution < 1.29 is 9.13 Å². The van der Waals surface area contributed by atoms with Crippen LogP contribution in [-0.2, 0) is 19.6 Å². The SMILES string of the molecule is Cc1cccc(COc2ccc(Cl)cc2CNCCc2ccc(F)cc2)c1. The Balaban J connectivity index is 1.56. The number of ether oxygens (including phenoxy) is 1. The van der Waals surface area contributed by atoms with E-state index in [1.807, 2.05) is 36.4 Å². The largest absolute Gasteiger partial charge is 0.489 e. The topological polar surface area (TPSA) is 21.3 Å². The molecule has 0 aliphatic heterocycles. The zero-order valence-corrected chi connectivity index (χ0v) is 16.1. The first-order valence-electron chi connectivity index (χ1n) is 9.02. The van der Waals surface area contributed by atoms with Gasteiger partial charge in [-0.1, -0.05) is 53.6 Å². The summed E-state index contributed by atoms with van der Waals surface area (Å²) in [4.78, 5) is 0. The molecule has 0 spiro atoms. The Morgan fingerprint density at radius 2 is 1.78 bits per heavy atom. The van der Waals surface area contributed by atoms with Gasteiger partial charge in [-0.3, -0.25) is 0 Å². The van der Waals surface area contributed by atoms with Crippen molar-refractivity contribution in [2.75, 3.05) is 6.54 Å². The quantitative estimate of drug-likeness (QED) is 0.504. The van der Waals surface area contributed by atoms with Crippen molar-refractivity contribution in [1.82, 2.24) is 5.32 Å². The average Bonchev–Trinajstić information content (AvgIpc) is 2.66. The monoisotopic (exact) mass is 383 g/mol. The summed E-state index contributed by atoms with van der Waals surface area (Å²) in [5, 5.41) is 4.10. The summed E-state index contributed by atoms with van der Waals surface area (Å²) in [6, 6.07) is 20.6. The first-order valence-corrected chi connectivity index (χ1v) is 9.40. The molecule has 1 N–H and O–H groups in total. The van der Waals surface area contributed by atoms with Crippen LogP contribution in [-0.4, -0.2) is 6.54 Å². The van der Waals surface area contributed by atoms with Gasteiger partial charge in [0.1, 0.15) is 18.2 Å². The molecule has 0 radical (unpaired) electrons. The van der Waals surface area contributed by atoms with E-state index < -0.39 is 0 Å². The highest BCUT2D eigenvalue weighted by Crippen LogP contribution is 2.24. The molecular formula is C23H23ClFNO. The van der Waals surface area contributed by atoms with E-state index in [0.717, 1.165) is 35.4 Å². The second-order valence-electron chi connectivity index (χ2n) is 6.58. The van der Waals surface area contributed by atoms with Gasteiger partial charge >= 0.3 is 0 Å². The molecule has 0 unspecified atom stereocenters. The molecule has 3 rings (SSSR count). The van der Waals surface area contributed by atoms with E-state index >= 15 is 0 Å². The summed E-state index contributed by atoms with van der Waals surface area (Å²) in [7, 11) is 0. The molecule has 27 heavy (non-hydrogen) atoms. The molecule has 0 fully saturated rings. The van der Waals surface area contributed by atoms with Gasteiger partial charge in [0.15, 0.2) is 0 Å². The highest BCUT2D eigenvalue weighted by molar-refractivity contribution is 6.30. The summed E-state index contributed by atoms with van der Waals surface area (Å²) in [6.45, 7) is 4.04. The van der Waals surface area contributed by atoms with E-state index in [1.54, 1.807) is 0 Å². The molecule has 2 nitrogen and oxygen atoms in total. The first kappa shape index (κ1) is 19.4. The van der Waals surface area contributed by atoms with Crippen LogP contribution in [0.25, 0.3) is 0 Å². The maximum atomic E-state index is 13.0. The van der Waals surface area contributed by atoms with Crippen molar-refractivity contribution in [2.24, 2.45) is 0 Å². The molecule has 3 aromatic rings. The molecule has 0 aliphatic carbocycles. The number of halogens is 2. The van der Waals surface area contributed by atoms with Crippen molar-refractivity contribution in [3.8, 4) is 5.75 Å². The number of benzene rings is 3. The Kier molecular flexibility index (Phi) is 6.86. The fourth-order valence-corrected chi connectivity index (χ4v) is 3.09. The minimum Gasteiger partial charge on any atom is -0.489 e. The lowest BCUT2D eigenvalue weighted by molar-refractivity contribution is 0.302. The number of aryl methyl sites for hydroxylation is 1. The van der Waals surface area contributed by atoms with Gasteiger partial charge < -0.3 is 10.1 Å². The Morgan fingerprint density at radius 1 is 0.963 bits per heavy atom. The lowest BCUT2D eigenvalue weighted by Crippen LogP contribution is -2.17. The van der Waals surface area contributed by atoms with Crippen LogP contribution in [0.2, 0.25) is 5.02 Å². The smallest absolute Gasteiger partial charge is 0.124 e. The Hall–Kier alpha value is -2.36. The Labute approximate surface area is 165 Å². The van der Waals surface area contributed by atoms with Crippen LogP contribution in [0.1, 0.15) is 22.3 Å². The van der Waals surface area contributed by atoms with Crippen LogP contribution >= 0.6 is 11.6 Å². The van der Waals surface area contributed by atoms with Gasteiger partial charge in [-0.2, -0.15) is 0 Å². The minimum atomic E-state index is -0.207. The lowest BCUT2D eigenvalue weighted by atomic mass is 10.1. The number of hydrogen-bond acceptors (Lipinski definition) is 2. The zero-order chi connectivity index (χ0) is 19.1. The molecule has 0 amide bonds. The molecule has 0 saturated carbocycles. The zero-order valence-electron chi connectivity index (χ0n) is 15.3. The van der Waals surface area contributed by atoms with Crippen LogP contribution in [0, 0.1) is 12.7 Å². The normalized spacial score (nSPS) is 10.8. The predicted octanol–water partition coefficient (Wildman–Crippen LogP) is 5.70. The third-order valence-corrected chi connectivity index (χ3v) is 4.55. The van der Waals surface area contributed by atoms with Crippen LogP contribution in [0.4, 0.5) is 4.39 Å². The lowest BCUT2D eigenvalue weighted by Gasteiger charge is -2.13. The number of hydrogen-bond donors (Lipinski definition) is 1. The van der Waals surface area contributed by atoms with E-state index in [-0.39, 0.29) is 5.82 Å². The van der Waals surface area contributed by atoms with Crippen molar-refractivity contribution in [2.45, 2.75) is 26.5 Å². The maximum absolute atomic E-state index is 13.0. The first-order chi connectivity index (χ1) is 13.1. The van der Waals surface area contributed by atoms with Gasteiger partial charge in [-0.25, -0.2) is 4.39 Å². The molecule has 0 heterocycles. The molecule has 0 aliphatic rings. The van der Waals surface area contributed by atoms with Crippen molar-refractivity contribution in [1.29, 1.82) is 0 Å². The summed E-state index contributed by atoms with van der Waals surface area (Å²) in [5.74, 6) is 0.622. The van der Waals surface area contributed by atoms with Crippen molar-refractivity contribution in [3.05, 3.63) is 99.8 Å². The van der Waals surface area contributed by atoms with Crippen molar-refractivity contribution in [3.63, 3.8) is 0 Å². The van der Waals surface area contributed by atoms with Crippen molar-refractivity contribution >= 4 is 11.6 Å². The van der Waals surface area contributed by atoms with E-state index in [4.69, 9.17) is 16.3 Å². The Morgan fingerprint density at radius 3 is 2.56 bits per heavy atom. The predicted molar refractivity (Wildman–Crippen MR) is 109 cm³/mol. The second-order valence-corrected chi connectivity index (χ2v) is 7.02. The molecule has 4 heteroatoms. The molecule has 0 atom stereocenters. The fraction of sp³-hybridized carbons (Fsp3) is 0.217. The summed E-state index contributed by atoms with van der Waals surface area (Å²) >= 11 is 6.16. The average molecular weight is 384 g/mol. The highest BCUT2D eigenvalue weighted by atomic mass is 35.5. The van der Waals surface area contributed by atoms with Crippen LogP contribution < -0.4 is 10.1 Å². The van der Waals surface area contributed by atoms with Gasteiger partial charge in [-0.15, -0.1) is 0 Å². The van der Waals surface area contributed by atoms with Gasteiger partial charge in [0, 0.05) is 17.1 Å². The minimum absolute atomic E-state index is 0.207. The molecule has 140 valence electrons.